The van der Waals surface area contributed by atoms with E-state index >= 15 is 0 Å². The molecular weight excluding hydrogens is 250 g/mol. The summed E-state index contributed by atoms with van der Waals surface area (Å²) in [4.78, 5) is 12.0. The topological polar surface area (TPSA) is 46.4 Å². The molecule has 1 amide bonds. The number of carbonyl (C=O) groups is 1. The van der Waals surface area contributed by atoms with Crippen molar-refractivity contribution in [1.29, 1.82) is 0 Å². The molecule has 0 aromatic carbocycles. The number of carbonyl (C=O) groups excluding carboxylic acids is 1. The maximum atomic E-state index is 12.0. The minimum atomic E-state index is -0.0675. The normalized spacial score (nSPS) is 10.7. The summed E-state index contributed by atoms with van der Waals surface area (Å²) in [6, 6.07) is 5.66. The molecule has 4 nitrogen and oxygen atoms in total. The predicted octanol–water partition coefficient (Wildman–Crippen LogP) is 2.47. The van der Waals surface area contributed by atoms with Crippen molar-refractivity contribution >= 4 is 23.0 Å². The second-order valence-electron chi connectivity index (χ2n) is 4.09. The molecule has 2 heterocycles. The second-order valence-corrected chi connectivity index (χ2v) is 4.47. The van der Waals surface area contributed by atoms with E-state index < -0.39 is 0 Å². The Hall–Kier alpha value is -1.55. The Morgan fingerprint density at radius 3 is 3.06 bits per heavy atom. The quantitative estimate of drug-likeness (QED) is 0.644. The predicted molar refractivity (Wildman–Crippen MR) is 72.1 cm³/mol. The molecule has 2 aromatic heterocycles. The monoisotopic (exact) mass is 265 g/mol. The zero-order chi connectivity index (χ0) is 12.8. The van der Waals surface area contributed by atoms with E-state index in [2.05, 4.69) is 10.4 Å². The Labute approximate surface area is 111 Å². The molecule has 0 aliphatic rings. The molecule has 0 spiro atoms. The number of fused-ring (bicyclic) bond motifs is 1. The average molecular weight is 266 g/mol. The van der Waals surface area contributed by atoms with Gasteiger partial charge in [-0.05, 0) is 25.0 Å². The first-order valence-corrected chi connectivity index (χ1v) is 6.63. The zero-order valence-corrected chi connectivity index (χ0v) is 10.9. The van der Waals surface area contributed by atoms with Gasteiger partial charge in [-0.1, -0.05) is 12.5 Å². The summed E-state index contributed by atoms with van der Waals surface area (Å²) in [7, 11) is 0. The molecule has 5 heteroatoms. The van der Waals surface area contributed by atoms with Gasteiger partial charge in [0.05, 0.1) is 17.3 Å². The summed E-state index contributed by atoms with van der Waals surface area (Å²) in [5.74, 6) is 0.615. The minimum Gasteiger partial charge on any atom is -0.352 e. The number of hydrogen-bond acceptors (Lipinski definition) is 2. The molecule has 2 rings (SSSR count). The first kappa shape index (κ1) is 12.9. The largest absolute Gasteiger partial charge is 0.352 e. The highest BCUT2D eigenvalue weighted by Crippen LogP contribution is 2.09. The van der Waals surface area contributed by atoms with Crippen LogP contribution in [0.15, 0.2) is 30.6 Å². The fraction of sp³-hybridized carbons (Fsp3) is 0.385. The van der Waals surface area contributed by atoms with E-state index in [-0.39, 0.29) is 5.91 Å². The third-order valence-corrected chi connectivity index (χ3v) is 3.03. The van der Waals surface area contributed by atoms with Gasteiger partial charge in [0.25, 0.3) is 5.91 Å². The van der Waals surface area contributed by atoms with Crippen LogP contribution in [0.3, 0.4) is 0 Å². The molecule has 18 heavy (non-hydrogen) atoms. The van der Waals surface area contributed by atoms with Crippen molar-refractivity contribution in [1.82, 2.24) is 14.9 Å². The molecule has 1 N–H and O–H groups in total. The summed E-state index contributed by atoms with van der Waals surface area (Å²) in [6.07, 6.45) is 6.42. The maximum absolute atomic E-state index is 12.0. The number of pyridine rings is 1. The molecule has 0 aliphatic heterocycles. The van der Waals surface area contributed by atoms with E-state index in [1.54, 1.807) is 10.7 Å². The van der Waals surface area contributed by atoms with Crippen LogP contribution in [0.5, 0.6) is 0 Å². The van der Waals surface area contributed by atoms with Crippen LogP contribution in [-0.4, -0.2) is 27.9 Å². The molecule has 96 valence electrons. The second kappa shape index (κ2) is 6.40. The van der Waals surface area contributed by atoms with Crippen LogP contribution in [0, 0.1) is 0 Å². The van der Waals surface area contributed by atoms with Crippen molar-refractivity contribution in [2.45, 2.75) is 19.3 Å². The summed E-state index contributed by atoms with van der Waals surface area (Å²) in [5.41, 5.74) is 1.45. The van der Waals surface area contributed by atoms with Gasteiger partial charge < -0.3 is 5.32 Å². The Balaban J connectivity index is 1.93. The van der Waals surface area contributed by atoms with Gasteiger partial charge in [-0.25, -0.2) is 4.52 Å². The van der Waals surface area contributed by atoms with Crippen molar-refractivity contribution in [2.75, 3.05) is 12.4 Å². The van der Waals surface area contributed by atoms with Crippen LogP contribution in [-0.2, 0) is 0 Å². The Morgan fingerprint density at radius 1 is 1.33 bits per heavy atom. The summed E-state index contributed by atoms with van der Waals surface area (Å²) in [6.45, 7) is 0.680. The third-order valence-electron chi connectivity index (χ3n) is 2.77. The molecular formula is C13H16ClN3O. The number of hydrogen-bond donors (Lipinski definition) is 1. The highest BCUT2D eigenvalue weighted by Gasteiger charge is 2.10. The minimum absolute atomic E-state index is 0.0675. The van der Waals surface area contributed by atoms with Crippen molar-refractivity contribution in [3.8, 4) is 0 Å². The number of rotatable bonds is 6. The van der Waals surface area contributed by atoms with E-state index in [1.165, 1.54) is 0 Å². The van der Waals surface area contributed by atoms with Crippen molar-refractivity contribution in [3.63, 3.8) is 0 Å². The van der Waals surface area contributed by atoms with Crippen LogP contribution < -0.4 is 5.32 Å². The number of halogens is 1. The smallest absolute Gasteiger partial charge is 0.255 e. The fourth-order valence-electron chi connectivity index (χ4n) is 1.80. The number of alkyl halides is 1. The Bertz CT molecular complexity index is 524. The number of nitrogens with zero attached hydrogens (tertiary/aromatic N) is 2. The van der Waals surface area contributed by atoms with Crippen LogP contribution in [0.2, 0.25) is 0 Å². The van der Waals surface area contributed by atoms with E-state index in [1.807, 2.05) is 24.4 Å². The average Bonchev–Trinajstić information content (AvgIpc) is 2.82. The van der Waals surface area contributed by atoms with Gasteiger partial charge in [-0.15, -0.1) is 11.6 Å². The number of unbranched alkanes of at least 4 members (excludes halogenated alkanes) is 2. The highest BCUT2D eigenvalue weighted by molar-refractivity contribution is 6.17. The molecule has 0 radical (unpaired) electrons. The molecule has 2 aromatic rings. The molecule has 0 saturated carbocycles. The summed E-state index contributed by atoms with van der Waals surface area (Å²) < 4.78 is 1.70. The number of nitrogens with one attached hydrogen (secondary N) is 1. The van der Waals surface area contributed by atoms with Crippen LogP contribution in [0.25, 0.3) is 5.52 Å². The van der Waals surface area contributed by atoms with Gasteiger partial charge in [0, 0.05) is 18.6 Å². The van der Waals surface area contributed by atoms with Gasteiger partial charge in [0.2, 0.25) is 0 Å². The van der Waals surface area contributed by atoms with Gasteiger partial charge in [0.1, 0.15) is 0 Å². The summed E-state index contributed by atoms with van der Waals surface area (Å²) >= 11 is 5.59. The Morgan fingerprint density at radius 2 is 2.22 bits per heavy atom. The summed E-state index contributed by atoms with van der Waals surface area (Å²) in [5, 5.41) is 7.04. The van der Waals surface area contributed by atoms with E-state index in [0.717, 1.165) is 24.8 Å². The van der Waals surface area contributed by atoms with Crippen LogP contribution in [0.1, 0.15) is 29.6 Å². The fourth-order valence-corrected chi connectivity index (χ4v) is 1.99. The lowest BCUT2D eigenvalue weighted by atomic mass is 10.2. The van der Waals surface area contributed by atoms with Gasteiger partial charge in [0.15, 0.2) is 0 Å². The van der Waals surface area contributed by atoms with E-state index in [0.29, 0.717) is 18.0 Å². The van der Waals surface area contributed by atoms with Crippen molar-refractivity contribution in [2.24, 2.45) is 0 Å². The standard InChI is InChI=1S/C13H16ClN3O/c14-7-3-1-4-8-15-13(18)11-10-16-17-9-5-2-6-12(11)17/h2,5-6,9-10H,1,3-4,7-8H2,(H,15,18). The maximum Gasteiger partial charge on any atom is 0.255 e. The molecule has 0 bridgehead atoms. The highest BCUT2D eigenvalue weighted by atomic mass is 35.5. The van der Waals surface area contributed by atoms with Gasteiger partial charge >= 0.3 is 0 Å². The van der Waals surface area contributed by atoms with Gasteiger partial charge in [-0.3, -0.25) is 4.79 Å². The molecule has 0 saturated heterocycles. The lowest BCUT2D eigenvalue weighted by molar-refractivity contribution is 0.0954. The Kier molecular flexibility index (Phi) is 4.59. The zero-order valence-electron chi connectivity index (χ0n) is 10.1. The first-order valence-electron chi connectivity index (χ1n) is 6.09. The molecule has 0 fully saturated rings. The van der Waals surface area contributed by atoms with Gasteiger partial charge in [-0.2, -0.15) is 5.10 Å². The van der Waals surface area contributed by atoms with Crippen LogP contribution >= 0.6 is 11.6 Å². The van der Waals surface area contributed by atoms with E-state index in [4.69, 9.17) is 11.6 Å². The molecule has 0 atom stereocenters. The SMILES string of the molecule is O=C(NCCCCCCl)c1cnn2ccccc12. The lowest BCUT2D eigenvalue weighted by Gasteiger charge is -2.03. The van der Waals surface area contributed by atoms with Crippen molar-refractivity contribution < 1.29 is 4.79 Å². The van der Waals surface area contributed by atoms with E-state index in [9.17, 15) is 4.79 Å². The van der Waals surface area contributed by atoms with Crippen LogP contribution in [0.4, 0.5) is 0 Å². The molecule has 0 unspecified atom stereocenters. The van der Waals surface area contributed by atoms with Crippen molar-refractivity contribution in [3.05, 3.63) is 36.2 Å². The third kappa shape index (κ3) is 3.01. The lowest BCUT2D eigenvalue weighted by Crippen LogP contribution is -2.24. The molecule has 0 aliphatic carbocycles. The number of amides is 1. The number of aromatic nitrogens is 2. The first-order chi connectivity index (χ1) is 8.83.